The van der Waals surface area contributed by atoms with Gasteiger partial charge in [0.15, 0.2) is 4.90 Å². The molecule has 0 saturated heterocycles. The molecule has 0 aliphatic heterocycles. The molecule has 0 unspecified atom stereocenters. The zero-order valence-electron chi connectivity index (χ0n) is 18.2. The van der Waals surface area contributed by atoms with Crippen LogP contribution in [0.3, 0.4) is 0 Å². The van der Waals surface area contributed by atoms with Crippen molar-refractivity contribution in [1.29, 1.82) is 0 Å². The van der Waals surface area contributed by atoms with Crippen LogP contribution in [0, 0.1) is 16.0 Å². The van der Waals surface area contributed by atoms with Gasteiger partial charge in [-0.3, -0.25) is 10.1 Å². The van der Waals surface area contributed by atoms with Crippen LogP contribution in [0.15, 0.2) is 81.3 Å². The van der Waals surface area contributed by atoms with Crippen molar-refractivity contribution in [3.05, 3.63) is 92.1 Å². The van der Waals surface area contributed by atoms with Gasteiger partial charge >= 0.3 is 0 Å². The first-order valence-corrected chi connectivity index (χ1v) is 12.6. The summed E-state index contributed by atoms with van der Waals surface area (Å²) in [5.74, 6) is -0.167. The van der Waals surface area contributed by atoms with Crippen LogP contribution < -0.4 is 0 Å². The molecule has 0 N–H and O–H groups in total. The summed E-state index contributed by atoms with van der Waals surface area (Å²) in [6.07, 6.45) is 3.76. The molecule has 9 heteroatoms. The van der Waals surface area contributed by atoms with E-state index in [1.165, 1.54) is 35.6 Å². The average molecular weight is 570 g/mol. The van der Waals surface area contributed by atoms with Crippen molar-refractivity contribution in [2.75, 3.05) is 13.7 Å². The van der Waals surface area contributed by atoms with E-state index >= 15 is 0 Å². The van der Waals surface area contributed by atoms with Crippen LogP contribution >= 0.6 is 22.6 Å². The molecule has 2 aromatic rings. The molecule has 0 aliphatic rings. The molecule has 0 heterocycles. The van der Waals surface area contributed by atoms with Gasteiger partial charge in [-0.2, -0.15) is 4.31 Å². The van der Waals surface area contributed by atoms with Gasteiger partial charge in [-0.25, -0.2) is 8.42 Å². The molecule has 0 amide bonds. The lowest BCUT2D eigenvalue weighted by atomic mass is 9.95. The number of benzene rings is 2. The van der Waals surface area contributed by atoms with Crippen molar-refractivity contribution in [2.24, 2.45) is 5.92 Å². The van der Waals surface area contributed by atoms with E-state index in [9.17, 15) is 18.5 Å². The molecule has 32 heavy (non-hydrogen) atoms. The van der Waals surface area contributed by atoms with Crippen LogP contribution in [0.2, 0.25) is 0 Å². The fraction of sp³-hybridized carbons (Fsp3) is 0.304. The van der Waals surface area contributed by atoms with Crippen molar-refractivity contribution in [1.82, 2.24) is 4.31 Å². The normalized spacial score (nSPS) is 14.6. The van der Waals surface area contributed by atoms with Crippen LogP contribution in [0.1, 0.15) is 19.4 Å². The zero-order valence-corrected chi connectivity index (χ0v) is 21.2. The molecule has 0 fully saturated rings. The second-order valence-electron chi connectivity index (χ2n) is 7.32. The van der Waals surface area contributed by atoms with E-state index < -0.39 is 26.7 Å². The molecular formula is C23H27IN2O5S. The predicted molar refractivity (Wildman–Crippen MR) is 134 cm³/mol. The highest BCUT2D eigenvalue weighted by Crippen LogP contribution is 2.30. The zero-order chi connectivity index (χ0) is 23.7. The van der Waals surface area contributed by atoms with E-state index in [0.717, 1.165) is 11.1 Å². The Morgan fingerprint density at radius 3 is 2.44 bits per heavy atom. The van der Waals surface area contributed by atoms with Crippen molar-refractivity contribution in [3.63, 3.8) is 0 Å². The molecule has 0 spiro atoms. The lowest BCUT2D eigenvalue weighted by Crippen LogP contribution is -2.41. The van der Waals surface area contributed by atoms with E-state index in [-0.39, 0.29) is 10.8 Å². The van der Waals surface area contributed by atoms with Crippen molar-refractivity contribution in [3.8, 4) is 0 Å². The van der Waals surface area contributed by atoms with Crippen molar-refractivity contribution >= 4 is 38.3 Å². The van der Waals surface area contributed by atoms with Gasteiger partial charge in [-0.15, -0.1) is 0 Å². The maximum atomic E-state index is 13.4. The number of hydrogen-bond acceptors (Lipinski definition) is 5. The lowest BCUT2D eigenvalue weighted by molar-refractivity contribution is -0.387. The number of nitrogens with zero attached hydrogens (tertiary/aromatic N) is 2. The minimum Gasteiger partial charge on any atom is -0.373 e. The Labute approximate surface area is 203 Å². The van der Waals surface area contributed by atoms with Crippen molar-refractivity contribution < 1.29 is 18.1 Å². The van der Waals surface area contributed by atoms with E-state index in [4.69, 9.17) is 4.74 Å². The maximum Gasteiger partial charge on any atom is 0.289 e. The van der Waals surface area contributed by atoms with E-state index in [0.29, 0.717) is 13.2 Å². The second-order valence-corrected chi connectivity index (χ2v) is 10.0. The highest BCUT2D eigenvalue weighted by molar-refractivity contribution is 14.1. The van der Waals surface area contributed by atoms with Gasteiger partial charge in [0.25, 0.3) is 5.69 Å². The Morgan fingerprint density at radius 1 is 1.19 bits per heavy atom. The van der Waals surface area contributed by atoms with Crippen molar-refractivity contribution in [2.45, 2.75) is 31.4 Å². The summed E-state index contributed by atoms with van der Waals surface area (Å²) >= 11 is 2.09. The van der Waals surface area contributed by atoms with Crippen LogP contribution in [0.5, 0.6) is 0 Å². The number of halogens is 1. The SMILES string of the molecule is C/C(=C\COCc1ccccc1)[C@H]([C@@H](C)/C=C/I)N(C)S(=O)(=O)c1ccccc1[N+](=O)[O-]. The smallest absolute Gasteiger partial charge is 0.289 e. The summed E-state index contributed by atoms with van der Waals surface area (Å²) < 4.78 is 35.5. The first-order chi connectivity index (χ1) is 15.2. The molecule has 0 aromatic heterocycles. The maximum absolute atomic E-state index is 13.4. The first-order valence-electron chi connectivity index (χ1n) is 9.96. The Kier molecular flexibility index (Phi) is 10.0. The highest BCUT2D eigenvalue weighted by atomic mass is 127. The topological polar surface area (TPSA) is 89.8 Å². The number of rotatable bonds is 11. The Balaban J connectivity index is 2.30. The van der Waals surface area contributed by atoms with Gasteiger partial charge in [0.2, 0.25) is 10.0 Å². The van der Waals surface area contributed by atoms with Gasteiger partial charge in [-0.05, 0) is 28.6 Å². The standard InChI is InChI=1S/C23H27IN2O5S/c1-18(13-15-24)23(19(2)14-16-31-17-20-9-5-4-6-10-20)25(3)32(29,30)22-12-8-7-11-21(22)26(27)28/h4-15,18,23H,16-17H2,1-3H3/b15-13+,19-14+/t18-,23-/m0/s1. The van der Waals surface area contributed by atoms with Gasteiger partial charge in [0.1, 0.15) is 0 Å². The largest absolute Gasteiger partial charge is 0.373 e. The van der Waals surface area contributed by atoms with E-state index in [1.807, 2.05) is 60.4 Å². The molecule has 0 aliphatic carbocycles. The molecule has 2 atom stereocenters. The number of nitro groups is 1. The van der Waals surface area contributed by atoms with Gasteiger partial charge in [-0.1, -0.05) is 89.7 Å². The third-order valence-electron chi connectivity index (χ3n) is 5.09. The summed E-state index contributed by atoms with van der Waals surface area (Å²) in [7, 11) is -2.67. The van der Waals surface area contributed by atoms with E-state index in [2.05, 4.69) is 22.6 Å². The number of nitro benzene ring substituents is 1. The first kappa shape index (κ1) is 26.2. The number of hydrogen-bond donors (Lipinski definition) is 0. The quantitative estimate of drug-likeness (QED) is 0.120. The summed E-state index contributed by atoms with van der Waals surface area (Å²) in [6.45, 7) is 4.52. The second kappa shape index (κ2) is 12.2. The predicted octanol–water partition coefficient (Wildman–Crippen LogP) is 5.33. The number of likely N-dealkylation sites (N-methyl/N-ethyl adjacent to an activating group) is 1. The third kappa shape index (κ3) is 6.71. The summed E-state index contributed by atoms with van der Waals surface area (Å²) in [5, 5.41) is 11.4. The van der Waals surface area contributed by atoms with Crippen LogP contribution in [0.4, 0.5) is 5.69 Å². The summed E-state index contributed by atoms with van der Waals surface area (Å²) in [5.41, 5.74) is 1.40. The van der Waals surface area contributed by atoms with E-state index in [1.54, 1.807) is 0 Å². The molecule has 0 saturated carbocycles. The fourth-order valence-electron chi connectivity index (χ4n) is 3.45. The summed E-state index contributed by atoms with van der Waals surface area (Å²) in [6, 6.07) is 14.6. The van der Waals surface area contributed by atoms with Crippen LogP contribution in [-0.2, 0) is 21.4 Å². The molecular weight excluding hydrogens is 543 g/mol. The number of ether oxygens (including phenoxy) is 1. The highest BCUT2D eigenvalue weighted by Gasteiger charge is 2.35. The van der Waals surface area contributed by atoms with Gasteiger partial charge in [0, 0.05) is 13.1 Å². The third-order valence-corrected chi connectivity index (χ3v) is 7.39. The Morgan fingerprint density at radius 2 is 1.81 bits per heavy atom. The Bertz CT molecular complexity index is 1070. The molecule has 0 bridgehead atoms. The Hall–Kier alpha value is -2.08. The lowest BCUT2D eigenvalue weighted by Gasteiger charge is -2.31. The minimum absolute atomic E-state index is 0.167. The van der Waals surface area contributed by atoms with Crippen LogP contribution in [0.25, 0.3) is 0 Å². The summed E-state index contributed by atoms with van der Waals surface area (Å²) in [4.78, 5) is 10.4. The number of para-hydroxylation sites is 1. The fourth-order valence-corrected chi connectivity index (χ4v) is 5.73. The minimum atomic E-state index is -4.12. The number of sulfonamides is 1. The molecule has 0 radical (unpaired) electrons. The average Bonchev–Trinajstić information content (AvgIpc) is 2.77. The molecule has 2 rings (SSSR count). The van der Waals surface area contributed by atoms with Gasteiger partial charge < -0.3 is 4.74 Å². The monoisotopic (exact) mass is 570 g/mol. The molecule has 2 aromatic carbocycles. The molecule has 172 valence electrons. The van der Waals surface area contributed by atoms with Crippen LogP contribution in [-0.4, -0.2) is 37.3 Å². The van der Waals surface area contributed by atoms with Gasteiger partial charge in [0.05, 0.1) is 24.2 Å². The molecule has 7 nitrogen and oxygen atoms in total.